The fraction of sp³-hybridized carbons (Fsp3) is 0.375. The summed E-state index contributed by atoms with van der Waals surface area (Å²) in [7, 11) is 3.17. The quantitative estimate of drug-likeness (QED) is 0.528. The minimum absolute atomic E-state index is 0.0668. The van der Waals surface area contributed by atoms with Crippen molar-refractivity contribution in [1.82, 2.24) is 10.1 Å². The Balaban J connectivity index is 1.48. The van der Waals surface area contributed by atoms with Crippen LogP contribution < -0.4 is 14.4 Å². The Morgan fingerprint density at radius 2 is 1.87 bits per heavy atom. The van der Waals surface area contributed by atoms with E-state index in [1.54, 1.807) is 31.3 Å². The molecule has 2 heterocycles. The molecule has 0 spiro atoms. The summed E-state index contributed by atoms with van der Waals surface area (Å²) < 4.78 is 16.1. The lowest BCUT2D eigenvalue weighted by atomic mass is 10.1. The van der Waals surface area contributed by atoms with E-state index < -0.39 is 0 Å². The number of carbonyl (C=O) groups is 1. The van der Waals surface area contributed by atoms with Gasteiger partial charge in [0.25, 0.3) is 0 Å². The normalized spacial score (nSPS) is 16.0. The van der Waals surface area contributed by atoms with Crippen LogP contribution in [-0.4, -0.2) is 36.8 Å². The largest absolute Gasteiger partial charge is 0.493 e. The van der Waals surface area contributed by atoms with Crippen LogP contribution in [0.25, 0.3) is 11.4 Å². The molecule has 1 saturated heterocycles. The van der Waals surface area contributed by atoms with E-state index in [4.69, 9.17) is 14.0 Å². The Morgan fingerprint density at radius 1 is 1.10 bits per heavy atom. The number of carbonyl (C=O) groups excluding carboxylic acids is 1. The van der Waals surface area contributed by atoms with Crippen molar-refractivity contribution in [2.45, 2.75) is 38.5 Å². The van der Waals surface area contributed by atoms with Crippen LogP contribution in [-0.2, 0) is 11.2 Å². The number of aryl methyl sites for hydroxylation is 1. The molecule has 1 fully saturated rings. The minimum Gasteiger partial charge on any atom is -0.493 e. The SMILES string of the molecule is CCCCc1ccc(N2CC(c3nc(-c4ccc(OC)c(OC)c4)no3)CC2=O)cc1. The maximum Gasteiger partial charge on any atom is 0.232 e. The van der Waals surface area contributed by atoms with Gasteiger partial charge in [0.15, 0.2) is 11.5 Å². The summed E-state index contributed by atoms with van der Waals surface area (Å²) in [4.78, 5) is 19.0. The minimum atomic E-state index is -0.131. The van der Waals surface area contributed by atoms with Crippen molar-refractivity contribution in [3.63, 3.8) is 0 Å². The standard InChI is InChI=1S/C24H27N3O4/c1-4-5-6-16-7-10-19(11-8-16)27-15-18(14-22(27)28)24-25-23(26-31-24)17-9-12-20(29-2)21(13-17)30-3/h7-13,18H,4-6,14-15H2,1-3H3. The first-order valence-electron chi connectivity index (χ1n) is 10.6. The fourth-order valence-corrected chi connectivity index (χ4v) is 3.84. The summed E-state index contributed by atoms with van der Waals surface area (Å²) >= 11 is 0. The molecule has 1 atom stereocenters. The molecule has 7 heteroatoms. The van der Waals surface area contributed by atoms with Gasteiger partial charge in [0.1, 0.15) is 0 Å². The van der Waals surface area contributed by atoms with E-state index in [0.717, 1.165) is 17.7 Å². The zero-order valence-electron chi connectivity index (χ0n) is 18.1. The number of rotatable bonds is 8. The highest BCUT2D eigenvalue weighted by atomic mass is 16.5. The molecule has 0 radical (unpaired) electrons. The summed E-state index contributed by atoms with van der Waals surface area (Å²) in [6.07, 6.45) is 3.76. The monoisotopic (exact) mass is 421 g/mol. The summed E-state index contributed by atoms with van der Waals surface area (Å²) in [5.74, 6) is 2.09. The van der Waals surface area contributed by atoms with Gasteiger partial charge in [-0.2, -0.15) is 4.98 Å². The molecule has 4 rings (SSSR count). The van der Waals surface area contributed by atoms with Crippen LogP contribution >= 0.6 is 0 Å². The summed E-state index contributed by atoms with van der Waals surface area (Å²) in [6, 6.07) is 13.7. The molecule has 0 N–H and O–H groups in total. The molecular formula is C24H27N3O4. The smallest absolute Gasteiger partial charge is 0.232 e. The number of ether oxygens (including phenoxy) is 2. The second-order valence-electron chi connectivity index (χ2n) is 7.70. The van der Waals surface area contributed by atoms with Crippen molar-refractivity contribution < 1.29 is 18.8 Å². The second kappa shape index (κ2) is 9.20. The molecule has 1 aliphatic heterocycles. The Morgan fingerprint density at radius 3 is 2.58 bits per heavy atom. The number of nitrogens with zero attached hydrogens (tertiary/aromatic N) is 3. The van der Waals surface area contributed by atoms with Gasteiger partial charge in [0.05, 0.1) is 20.1 Å². The predicted octanol–water partition coefficient (Wildman–Crippen LogP) is 4.62. The number of unbranched alkanes of at least 4 members (excludes halogenated alkanes) is 1. The highest BCUT2D eigenvalue weighted by Crippen LogP contribution is 2.34. The number of amides is 1. The lowest BCUT2D eigenvalue weighted by molar-refractivity contribution is -0.117. The van der Waals surface area contributed by atoms with E-state index in [0.29, 0.717) is 36.2 Å². The second-order valence-corrected chi connectivity index (χ2v) is 7.70. The first kappa shape index (κ1) is 20.9. The van der Waals surface area contributed by atoms with Crippen molar-refractivity contribution in [1.29, 1.82) is 0 Å². The third kappa shape index (κ3) is 4.40. The molecule has 2 aromatic carbocycles. The van der Waals surface area contributed by atoms with Crippen molar-refractivity contribution in [2.75, 3.05) is 25.7 Å². The molecule has 162 valence electrons. The van der Waals surface area contributed by atoms with Crippen LogP contribution in [0, 0.1) is 0 Å². The van der Waals surface area contributed by atoms with Crippen LogP contribution in [0.5, 0.6) is 11.5 Å². The Labute approximate surface area is 182 Å². The van der Waals surface area contributed by atoms with Crippen LogP contribution in [0.1, 0.15) is 43.6 Å². The Kier molecular flexibility index (Phi) is 6.21. The molecule has 31 heavy (non-hydrogen) atoms. The summed E-state index contributed by atoms with van der Waals surface area (Å²) in [6.45, 7) is 2.71. The van der Waals surface area contributed by atoms with E-state index in [9.17, 15) is 4.79 Å². The van der Waals surface area contributed by atoms with Gasteiger partial charge in [-0.3, -0.25) is 4.79 Å². The molecule has 1 aromatic heterocycles. The van der Waals surface area contributed by atoms with Crippen molar-refractivity contribution >= 4 is 11.6 Å². The molecular weight excluding hydrogens is 394 g/mol. The maximum absolute atomic E-state index is 12.7. The van der Waals surface area contributed by atoms with E-state index in [1.807, 2.05) is 18.2 Å². The molecule has 0 saturated carbocycles. The zero-order valence-corrected chi connectivity index (χ0v) is 18.1. The van der Waals surface area contributed by atoms with Crippen molar-refractivity contribution in [2.24, 2.45) is 0 Å². The number of anilines is 1. The molecule has 7 nitrogen and oxygen atoms in total. The van der Waals surface area contributed by atoms with Crippen LogP contribution in [0.15, 0.2) is 47.0 Å². The fourth-order valence-electron chi connectivity index (χ4n) is 3.84. The molecule has 1 unspecified atom stereocenters. The lowest BCUT2D eigenvalue weighted by Gasteiger charge is -2.16. The highest BCUT2D eigenvalue weighted by molar-refractivity contribution is 5.96. The number of hydrogen-bond acceptors (Lipinski definition) is 6. The van der Waals surface area contributed by atoms with E-state index in [-0.39, 0.29) is 11.8 Å². The average Bonchev–Trinajstić information content (AvgIpc) is 3.44. The average molecular weight is 421 g/mol. The highest BCUT2D eigenvalue weighted by Gasteiger charge is 2.35. The first-order chi connectivity index (χ1) is 15.1. The van der Waals surface area contributed by atoms with Gasteiger partial charge in [-0.15, -0.1) is 0 Å². The van der Waals surface area contributed by atoms with Gasteiger partial charge in [-0.05, 0) is 48.7 Å². The van der Waals surface area contributed by atoms with Gasteiger partial charge in [0.2, 0.25) is 17.6 Å². The summed E-state index contributed by atoms with van der Waals surface area (Å²) in [5, 5.41) is 4.11. The van der Waals surface area contributed by atoms with Gasteiger partial charge < -0.3 is 18.9 Å². The molecule has 1 amide bonds. The van der Waals surface area contributed by atoms with Gasteiger partial charge >= 0.3 is 0 Å². The van der Waals surface area contributed by atoms with Crippen LogP contribution in [0.3, 0.4) is 0 Å². The van der Waals surface area contributed by atoms with Crippen LogP contribution in [0.2, 0.25) is 0 Å². The molecule has 0 aliphatic carbocycles. The van der Waals surface area contributed by atoms with Gasteiger partial charge in [0, 0.05) is 24.2 Å². The Hall–Kier alpha value is -3.35. The van der Waals surface area contributed by atoms with Crippen molar-refractivity contribution in [3.8, 4) is 22.9 Å². The third-order valence-corrected chi connectivity index (χ3v) is 5.62. The number of benzene rings is 2. The van der Waals surface area contributed by atoms with Crippen molar-refractivity contribution in [3.05, 3.63) is 53.9 Å². The lowest BCUT2D eigenvalue weighted by Crippen LogP contribution is -2.24. The van der Waals surface area contributed by atoms with Gasteiger partial charge in [-0.1, -0.05) is 30.6 Å². The van der Waals surface area contributed by atoms with E-state index in [1.165, 1.54) is 18.4 Å². The zero-order chi connectivity index (χ0) is 21.8. The topological polar surface area (TPSA) is 77.7 Å². The third-order valence-electron chi connectivity index (χ3n) is 5.62. The maximum atomic E-state index is 12.7. The van der Waals surface area contributed by atoms with E-state index >= 15 is 0 Å². The predicted molar refractivity (Wildman–Crippen MR) is 118 cm³/mol. The Bertz CT molecular complexity index is 1050. The van der Waals surface area contributed by atoms with E-state index in [2.05, 4.69) is 29.2 Å². The molecule has 3 aromatic rings. The molecule has 1 aliphatic rings. The summed E-state index contributed by atoms with van der Waals surface area (Å²) in [5.41, 5.74) is 2.97. The number of hydrogen-bond donors (Lipinski definition) is 0. The van der Waals surface area contributed by atoms with Crippen LogP contribution in [0.4, 0.5) is 5.69 Å². The molecule has 0 bridgehead atoms. The first-order valence-corrected chi connectivity index (χ1v) is 10.6. The van der Waals surface area contributed by atoms with Gasteiger partial charge in [-0.25, -0.2) is 0 Å². The number of methoxy groups -OCH3 is 2. The number of aromatic nitrogens is 2.